The zero-order valence-electron chi connectivity index (χ0n) is 26.9. The van der Waals surface area contributed by atoms with Crippen LogP contribution in [-0.2, 0) is 4.79 Å². The maximum Gasteiger partial charge on any atom is 0.155 e. The Bertz CT molecular complexity index is 692. The largest absolute Gasteiger partial charge is 0.388 e. The van der Waals surface area contributed by atoms with Gasteiger partial charge in [-0.1, -0.05) is 99.5 Å². The molecule has 0 saturated heterocycles. The fraction of sp³-hybridized carbons (Fsp3) is 0.794. The van der Waals surface area contributed by atoms with Gasteiger partial charge < -0.3 is 5.11 Å². The van der Waals surface area contributed by atoms with Crippen molar-refractivity contribution >= 4 is 5.78 Å². The molecule has 0 rings (SSSR count). The van der Waals surface area contributed by atoms with E-state index in [1.807, 2.05) is 13.0 Å². The van der Waals surface area contributed by atoms with Crippen molar-refractivity contribution in [1.82, 2.24) is 0 Å². The van der Waals surface area contributed by atoms with Crippen molar-refractivity contribution in [3.63, 3.8) is 0 Å². The molecule has 36 heavy (non-hydrogen) atoms. The Hall–Kier alpha value is -1.15. The van der Waals surface area contributed by atoms with E-state index in [9.17, 15) is 9.90 Å². The van der Waals surface area contributed by atoms with Gasteiger partial charge in [0.15, 0.2) is 5.78 Å². The minimum atomic E-state index is -0.371. The molecule has 0 aliphatic heterocycles. The van der Waals surface area contributed by atoms with E-state index >= 15 is 0 Å². The Balaban J connectivity index is 0. The van der Waals surface area contributed by atoms with Crippen molar-refractivity contribution in [3.8, 4) is 0 Å². The SMILES string of the molecule is CC(=O)/C(C)=C/C(C)C(C)C.CCC(C)CC(C)CC(C)C(C)C(C)/C=C(\C)C(O)C(C)C=C(C)C. The average Bonchev–Trinajstić information content (AvgIpc) is 2.77. The van der Waals surface area contributed by atoms with Gasteiger partial charge in [0.25, 0.3) is 0 Å². The quantitative estimate of drug-likeness (QED) is 0.189. The van der Waals surface area contributed by atoms with Crippen molar-refractivity contribution in [1.29, 1.82) is 0 Å². The first-order valence-corrected chi connectivity index (χ1v) is 14.6. The number of aliphatic hydroxyl groups is 1. The van der Waals surface area contributed by atoms with Gasteiger partial charge in [0.05, 0.1) is 6.10 Å². The number of Topliss-reactive ketones (excluding diaryl/α,β-unsaturated/α-hetero) is 1. The topological polar surface area (TPSA) is 37.3 Å². The highest BCUT2D eigenvalue weighted by atomic mass is 16.3. The smallest absolute Gasteiger partial charge is 0.155 e. The Morgan fingerprint density at radius 2 is 1.22 bits per heavy atom. The highest BCUT2D eigenvalue weighted by molar-refractivity contribution is 5.92. The Kier molecular flexibility index (Phi) is 19.5. The lowest BCUT2D eigenvalue weighted by Gasteiger charge is -2.28. The Labute approximate surface area is 227 Å². The minimum absolute atomic E-state index is 0.178. The lowest BCUT2D eigenvalue weighted by Crippen LogP contribution is -2.21. The molecule has 0 heterocycles. The number of hydrogen-bond acceptors (Lipinski definition) is 2. The summed E-state index contributed by atoms with van der Waals surface area (Å²) in [5, 5.41) is 10.6. The maximum atomic E-state index is 10.8. The Morgan fingerprint density at radius 3 is 1.64 bits per heavy atom. The molecule has 2 nitrogen and oxygen atoms in total. The molecule has 212 valence electrons. The van der Waals surface area contributed by atoms with E-state index in [0.717, 1.165) is 23.0 Å². The summed E-state index contributed by atoms with van der Waals surface area (Å²) in [5.41, 5.74) is 3.26. The molecular formula is C34H64O2. The van der Waals surface area contributed by atoms with Crippen LogP contribution >= 0.6 is 0 Å². The van der Waals surface area contributed by atoms with Crippen molar-refractivity contribution in [3.05, 3.63) is 34.9 Å². The molecule has 1 N–H and O–H groups in total. The number of carbonyl (C=O) groups excluding carboxylic acids is 1. The van der Waals surface area contributed by atoms with Gasteiger partial charge in [-0.3, -0.25) is 4.79 Å². The van der Waals surface area contributed by atoms with Crippen LogP contribution in [0.3, 0.4) is 0 Å². The Morgan fingerprint density at radius 1 is 0.694 bits per heavy atom. The first-order valence-electron chi connectivity index (χ1n) is 14.6. The summed E-state index contributed by atoms with van der Waals surface area (Å²) in [4.78, 5) is 10.8. The number of carbonyl (C=O) groups is 1. The fourth-order valence-corrected chi connectivity index (χ4v) is 4.72. The average molecular weight is 505 g/mol. The first-order chi connectivity index (χ1) is 16.4. The second-order valence-electron chi connectivity index (χ2n) is 12.8. The van der Waals surface area contributed by atoms with Gasteiger partial charge in [-0.15, -0.1) is 0 Å². The standard InChI is InChI=1S/C24H46O.C10H18O/c1-11-17(4)13-18(5)14-19(6)23(10)20(7)15-22(9)24(25)21(8)12-16(2)3;1-7(2)8(3)6-9(4)10(5)11/h12,15,17-21,23-25H,11,13-14H2,1-10H3;6-8H,1-5H3/b22-15+;9-6+. The van der Waals surface area contributed by atoms with E-state index in [-0.39, 0.29) is 17.8 Å². The number of aliphatic hydroxyl groups excluding tert-OH is 1. The normalized spacial score (nSPS) is 19.2. The highest BCUT2D eigenvalue weighted by Gasteiger charge is 2.22. The third kappa shape index (κ3) is 16.6. The second-order valence-corrected chi connectivity index (χ2v) is 12.8. The van der Waals surface area contributed by atoms with Gasteiger partial charge in [0.2, 0.25) is 0 Å². The zero-order valence-corrected chi connectivity index (χ0v) is 26.9. The number of ketones is 1. The van der Waals surface area contributed by atoms with E-state index in [0.29, 0.717) is 29.6 Å². The third-order valence-electron chi connectivity index (χ3n) is 8.21. The molecule has 8 atom stereocenters. The van der Waals surface area contributed by atoms with E-state index in [1.54, 1.807) is 6.92 Å². The van der Waals surface area contributed by atoms with E-state index in [2.05, 4.69) is 102 Å². The van der Waals surface area contributed by atoms with Gasteiger partial charge in [0, 0.05) is 5.92 Å². The van der Waals surface area contributed by atoms with Crippen LogP contribution < -0.4 is 0 Å². The lowest BCUT2D eigenvalue weighted by molar-refractivity contribution is -0.113. The monoisotopic (exact) mass is 504 g/mol. The van der Waals surface area contributed by atoms with Crippen LogP contribution in [0.25, 0.3) is 0 Å². The molecule has 0 aromatic carbocycles. The van der Waals surface area contributed by atoms with Gasteiger partial charge >= 0.3 is 0 Å². The zero-order chi connectivity index (χ0) is 28.7. The van der Waals surface area contributed by atoms with Gasteiger partial charge in [-0.05, 0) is 100 Å². The van der Waals surface area contributed by atoms with Gasteiger partial charge in [0.1, 0.15) is 0 Å². The molecule has 0 amide bonds. The highest BCUT2D eigenvalue weighted by Crippen LogP contribution is 2.31. The van der Waals surface area contributed by atoms with Crippen LogP contribution in [0.4, 0.5) is 0 Å². The van der Waals surface area contributed by atoms with Crippen LogP contribution in [-0.4, -0.2) is 17.0 Å². The third-order valence-corrected chi connectivity index (χ3v) is 8.21. The molecule has 0 radical (unpaired) electrons. The van der Waals surface area contributed by atoms with Gasteiger partial charge in [-0.25, -0.2) is 0 Å². The molecule has 0 bridgehead atoms. The summed E-state index contributed by atoms with van der Waals surface area (Å²) in [5.74, 6) is 4.96. The van der Waals surface area contributed by atoms with Crippen molar-refractivity contribution in [2.45, 2.75) is 129 Å². The molecular weight excluding hydrogens is 440 g/mol. The summed E-state index contributed by atoms with van der Waals surface area (Å²) in [6.07, 6.45) is 10.1. The van der Waals surface area contributed by atoms with Gasteiger partial charge in [-0.2, -0.15) is 0 Å². The molecule has 0 aliphatic rings. The summed E-state index contributed by atoms with van der Waals surface area (Å²) in [6.45, 7) is 32.5. The van der Waals surface area contributed by atoms with Crippen molar-refractivity contribution in [2.75, 3.05) is 0 Å². The molecule has 0 fully saturated rings. The fourth-order valence-electron chi connectivity index (χ4n) is 4.72. The van der Waals surface area contributed by atoms with Crippen LogP contribution in [0, 0.1) is 47.3 Å². The molecule has 0 spiro atoms. The van der Waals surface area contributed by atoms with Crippen LogP contribution in [0.15, 0.2) is 34.9 Å². The van der Waals surface area contributed by atoms with Crippen LogP contribution in [0.2, 0.25) is 0 Å². The molecule has 0 aromatic rings. The predicted octanol–water partition coefficient (Wildman–Crippen LogP) is 10.1. The summed E-state index contributed by atoms with van der Waals surface area (Å²) in [6, 6.07) is 0. The number of hydrogen-bond donors (Lipinski definition) is 1. The first kappa shape index (κ1) is 37.0. The summed E-state index contributed by atoms with van der Waals surface area (Å²) >= 11 is 0. The predicted molar refractivity (Wildman–Crippen MR) is 162 cm³/mol. The molecule has 2 heteroatoms. The van der Waals surface area contributed by atoms with E-state index < -0.39 is 0 Å². The van der Waals surface area contributed by atoms with Crippen LogP contribution in [0.1, 0.15) is 123 Å². The maximum absolute atomic E-state index is 10.8. The summed E-state index contributed by atoms with van der Waals surface area (Å²) < 4.78 is 0. The second kappa shape index (κ2) is 19.0. The molecule has 8 unspecified atom stereocenters. The van der Waals surface area contributed by atoms with E-state index in [1.165, 1.54) is 24.8 Å². The van der Waals surface area contributed by atoms with E-state index in [4.69, 9.17) is 0 Å². The lowest BCUT2D eigenvalue weighted by atomic mass is 9.77. The van der Waals surface area contributed by atoms with Crippen LogP contribution in [0.5, 0.6) is 0 Å². The molecule has 0 saturated carbocycles. The molecule has 0 aromatic heterocycles. The van der Waals surface area contributed by atoms with Crippen molar-refractivity contribution < 1.29 is 9.90 Å². The summed E-state index contributed by atoms with van der Waals surface area (Å²) in [7, 11) is 0. The van der Waals surface area contributed by atoms with Crippen molar-refractivity contribution in [2.24, 2.45) is 47.3 Å². The number of allylic oxidation sites excluding steroid dienone is 4. The number of rotatable bonds is 14. The molecule has 0 aliphatic carbocycles. The minimum Gasteiger partial charge on any atom is -0.388 e.